The second kappa shape index (κ2) is 6.27. The minimum atomic E-state index is -1.04. The van der Waals surface area contributed by atoms with E-state index in [1.165, 1.54) is 16.7 Å². The molecule has 0 aliphatic carbocycles. The summed E-state index contributed by atoms with van der Waals surface area (Å²) < 4.78 is 0. The highest BCUT2D eigenvalue weighted by Gasteiger charge is 2.19. The Morgan fingerprint density at radius 1 is 1.36 bits per heavy atom. The van der Waals surface area contributed by atoms with Gasteiger partial charge < -0.3 is 10.4 Å². The summed E-state index contributed by atoms with van der Waals surface area (Å²) in [6.45, 7) is 6.48. The molecule has 2 heterocycles. The number of carboxylic acid groups (broad SMARTS) is 1. The van der Waals surface area contributed by atoms with Crippen molar-refractivity contribution >= 4 is 23.2 Å². The number of H-pyrrole nitrogens is 1. The number of aromatic amines is 1. The number of carbonyl (C=O) groups excluding carboxylic acids is 1. The van der Waals surface area contributed by atoms with Crippen LogP contribution in [0.1, 0.15) is 52.4 Å². The normalized spacial score (nSPS) is 11.4. The number of rotatable bonds is 5. The lowest BCUT2D eigenvalue weighted by atomic mass is 9.92. The molecule has 0 saturated heterocycles. The molecule has 2 aromatic heterocycles. The first-order valence-electron chi connectivity index (χ1n) is 6.79. The molecule has 2 rings (SSSR count). The summed E-state index contributed by atoms with van der Waals surface area (Å²) in [5, 5.41) is 20.6. The van der Waals surface area contributed by atoms with Crippen LogP contribution in [0.3, 0.4) is 0 Å². The Morgan fingerprint density at radius 3 is 2.64 bits per heavy atom. The van der Waals surface area contributed by atoms with Gasteiger partial charge in [-0.05, 0) is 6.07 Å². The van der Waals surface area contributed by atoms with Gasteiger partial charge in [0.15, 0.2) is 5.69 Å². The number of carboxylic acids is 1. The van der Waals surface area contributed by atoms with E-state index >= 15 is 0 Å². The number of carbonyl (C=O) groups is 2. The molecule has 0 radical (unpaired) electrons. The van der Waals surface area contributed by atoms with Gasteiger partial charge in [-0.1, -0.05) is 20.8 Å². The lowest BCUT2D eigenvalue weighted by molar-refractivity contribution is 0.0690. The number of amides is 1. The summed E-state index contributed by atoms with van der Waals surface area (Å²) in [4.78, 5) is 26.7. The van der Waals surface area contributed by atoms with Gasteiger partial charge in [-0.25, -0.2) is 9.78 Å². The Labute approximate surface area is 131 Å². The van der Waals surface area contributed by atoms with Gasteiger partial charge >= 0.3 is 5.97 Å². The molecule has 0 saturated carbocycles. The number of thiazole rings is 1. The van der Waals surface area contributed by atoms with Crippen LogP contribution in [0.2, 0.25) is 0 Å². The first-order valence-corrected chi connectivity index (χ1v) is 7.67. The molecule has 3 N–H and O–H groups in total. The lowest BCUT2D eigenvalue weighted by Crippen LogP contribution is -2.26. The largest absolute Gasteiger partial charge is 0.476 e. The van der Waals surface area contributed by atoms with Crippen LogP contribution in [0.4, 0.5) is 0 Å². The summed E-state index contributed by atoms with van der Waals surface area (Å²) in [7, 11) is 0. The van der Waals surface area contributed by atoms with E-state index in [0.29, 0.717) is 23.7 Å². The molecule has 118 valence electrons. The summed E-state index contributed by atoms with van der Waals surface area (Å²) in [6, 6.07) is 1.74. The van der Waals surface area contributed by atoms with Crippen LogP contribution in [0, 0.1) is 0 Å². The molecule has 0 fully saturated rings. The number of nitrogens with zero attached hydrogens (tertiary/aromatic N) is 2. The Balaban J connectivity index is 1.87. The van der Waals surface area contributed by atoms with Gasteiger partial charge in [0.25, 0.3) is 5.91 Å². The molecule has 0 unspecified atom stereocenters. The summed E-state index contributed by atoms with van der Waals surface area (Å²) in [6.07, 6.45) is 0.486. The van der Waals surface area contributed by atoms with Gasteiger partial charge in [-0.15, -0.1) is 11.3 Å². The molecule has 0 bridgehead atoms. The maximum atomic E-state index is 12.0. The summed E-state index contributed by atoms with van der Waals surface area (Å²) >= 11 is 1.27. The zero-order chi connectivity index (χ0) is 16.3. The van der Waals surface area contributed by atoms with E-state index < -0.39 is 5.97 Å². The van der Waals surface area contributed by atoms with E-state index in [-0.39, 0.29) is 17.0 Å². The number of hydrogen-bond donors (Lipinski definition) is 3. The fraction of sp³-hybridized carbons (Fsp3) is 0.429. The van der Waals surface area contributed by atoms with Gasteiger partial charge in [0.1, 0.15) is 5.69 Å². The maximum absolute atomic E-state index is 12.0. The molecular formula is C14H18N4O3S. The Kier molecular flexibility index (Phi) is 4.60. The van der Waals surface area contributed by atoms with Gasteiger partial charge in [-0.3, -0.25) is 9.89 Å². The summed E-state index contributed by atoms with van der Waals surface area (Å²) in [5.74, 6) is -1.31. The van der Waals surface area contributed by atoms with Crippen molar-refractivity contribution in [2.75, 3.05) is 6.54 Å². The van der Waals surface area contributed by atoms with Crippen molar-refractivity contribution in [3.63, 3.8) is 0 Å². The Morgan fingerprint density at radius 2 is 2.09 bits per heavy atom. The van der Waals surface area contributed by atoms with Crippen LogP contribution >= 0.6 is 11.3 Å². The molecule has 0 spiro atoms. The van der Waals surface area contributed by atoms with Crippen molar-refractivity contribution in [3.05, 3.63) is 33.5 Å². The van der Waals surface area contributed by atoms with Crippen molar-refractivity contribution in [3.8, 4) is 0 Å². The maximum Gasteiger partial charge on any atom is 0.355 e. The van der Waals surface area contributed by atoms with E-state index in [2.05, 4.69) is 20.5 Å². The van der Waals surface area contributed by atoms with Crippen molar-refractivity contribution in [2.45, 2.75) is 32.6 Å². The number of nitrogens with one attached hydrogen (secondary N) is 2. The molecule has 22 heavy (non-hydrogen) atoms. The monoisotopic (exact) mass is 322 g/mol. The highest BCUT2D eigenvalue weighted by atomic mass is 32.1. The van der Waals surface area contributed by atoms with Gasteiger partial charge in [0, 0.05) is 29.5 Å². The first-order chi connectivity index (χ1) is 10.3. The lowest BCUT2D eigenvalue weighted by Gasteiger charge is -2.14. The smallest absolute Gasteiger partial charge is 0.355 e. The third-order valence-electron chi connectivity index (χ3n) is 3.01. The first kappa shape index (κ1) is 16.2. The second-order valence-corrected chi connectivity index (χ2v) is 6.80. The van der Waals surface area contributed by atoms with E-state index in [9.17, 15) is 9.59 Å². The minimum Gasteiger partial charge on any atom is -0.476 e. The third-order valence-corrected chi connectivity index (χ3v) is 3.92. The summed E-state index contributed by atoms with van der Waals surface area (Å²) in [5.41, 5.74) is 1.17. The van der Waals surface area contributed by atoms with Crippen molar-refractivity contribution in [1.82, 2.24) is 20.5 Å². The van der Waals surface area contributed by atoms with Crippen molar-refractivity contribution < 1.29 is 14.7 Å². The fourth-order valence-corrected chi connectivity index (χ4v) is 2.49. The van der Waals surface area contributed by atoms with E-state index in [0.717, 1.165) is 5.69 Å². The molecule has 7 nitrogen and oxygen atoms in total. The molecule has 0 atom stereocenters. The fourth-order valence-electron chi connectivity index (χ4n) is 1.72. The molecule has 0 aromatic carbocycles. The Bertz CT molecular complexity index is 684. The molecule has 0 aliphatic heterocycles. The highest BCUT2D eigenvalue weighted by molar-refractivity contribution is 7.09. The van der Waals surface area contributed by atoms with E-state index in [4.69, 9.17) is 5.11 Å². The van der Waals surface area contributed by atoms with E-state index in [1.54, 1.807) is 6.07 Å². The molecule has 2 aromatic rings. The average molecular weight is 322 g/mol. The standard InChI is InChI=1S/C14H18N4O3S/c1-14(2,3)10-6-8(17-18-10)12(19)15-5-4-11-16-9(7-22-11)13(20)21/h6-7H,4-5H2,1-3H3,(H,15,19)(H,17,18)(H,20,21). The van der Waals surface area contributed by atoms with Crippen molar-refractivity contribution in [1.29, 1.82) is 0 Å². The second-order valence-electron chi connectivity index (χ2n) is 5.85. The number of aromatic carboxylic acids is 1. The van der Waals surface area contributed by atoms with Gasteiger partial charge in [0.05, 0.1) is 5.01 Å². The number of hydrogen-bond acceptors (Lipinski definition) is 5. The van der Waals surface area contributed by atoms with Crippen LogP contribution in [0.15, 0.2) is 11.4 Å². The molecule has 1 amide bonds. The van der Waals surface area contributed by atoms with Crippen LogP contribution in [-0.4, -0.2) is 38.7 Å². The zero-order valence-corrected chi connectivity index (χ0v) is 13.5. The minimum absolute atomic E-state index is 0.0356. The van der Waals surface area contributed by atoms with Crippen LogP contribution in [-0.2, 0) is 11.8 Å². The van der Waals surface area contributed by atoms with Gasteiger partial charge in [0.2, 0.25) is 0 Å². The SMILES string of the molecule is CC(C)(C)c1cc(C(=O)NCCc2nc(C(=O)O)cs2)n[nH]1. The number of aromatic nitrogens is 3. The third kappa shape index (κ3) is 3.91. The quantitative estimate of drug-likeness (QED) is 0.778. The molecular weight excluding hydrogens is 304 g/mol. The van der Waals surface area contributed by atoms with Crippen molar-refractivity contribution in [2.24, 2.45) is 0 Å². The topological polar surface area (TPSA) is 108 Å². The predicted molar refractivity (Wildman–Crippen MR) is 82.4 cm³/mol. The molecule has 0 aliphatic rings. The van der Waals surface area contributed by atoms with Crippen LogP contribution < -0.4 is 5.32 Å². The molecule has 8 heteroatoms. The van der Waals surface area contributed by atoms with Crippen LogP contribution in [0.5, 0.6) is 0 Å². The predicted octanol–water partition coefficient (Wildman–Crippen LogP) is 1.83. The highest BCUT2D eigenvalue weighted by Crippen LogP contribution is 2.20. The zero-order valence-electron chi connectivity index (χ0n) is 12.6. The van der Waals surface area contributed by atoms with Gasteiger partial charge in [-0.2, -0.15) is 5.10 Å². The van der Waals surface area contributed by atoms with E-state index in [1.807, 2.05) is 20.8 Å². The van der Waals surface area contributed by atoms with Crippen LogP contribution in [0.25, 0.3) is 0 Å². The average Bonchev–Trinajstić information content (AvgIpc) is 3.07. The Hall–Kier alpha value is -2.22.